The van der Waals surface area contributed by atoms with Crippen molar-refractivity contribution < 1.29 is 9.32 Å². The topological polar surface area (TPSA) is 80.0 Å². The van der Waals surface area contributed by atoms with Crippen LogP contribution in [0.25, 0.3) is 11.4 Å². The summed E-state index contributed by atoms with van der Waals surface area (Å²) in [6.07, 6.45) is 9.70. The molecule has 2 N–H and O–H groups in total. The van der Waals surface area contributed by atoms with Gasteiger partial charge in [-0.15, -0.1) is 0 Å². The number of benzene rings is 1. The smallest absolute Gasteiger partial charge is 0.315 e. The lowest BCUT2D eigenvalue weighted by Gasteiger charge is -2.22. The maximum absolute atomic E-state index is 11.9. The lowest BCUT2D eigenvalue weighted by molar-refractivity contribution is 0.232. The maximum Gasteiger partial charge on any atom is 0.315 e. The SMILES string of the molecule is Cc1ccc(-c2noc(CCCCCNC(=O)NC3CCCCC3)n2)cc1. The van der Waals surface area contributed by atoms with E-state index >= 15 is 0 Å². The highest BCUT2D eigenvalue weighted by Crippen LogP contribution is 2.18. The maximum atomic E-state index is 11.9. The van der Waals surface area contributed by atoms with E-state index in [0.717, 1.165) is 44.1 Å². The Morgan fingerprint density at radius 3 is 2.67 bits per heavy atom. The first-order chi connectivity index (χ1) is 13.2. The molecule has 0 spiro atoms. The fraction of sp³-hybridized carbons (Fsp3) is 0.571. The second-order valence-corrected chi connectivity index (χ2v) is 7.42. The van der Waals surface area contributed by atoms with Crippen LogP contribution in [-0.2, 0) is 6.42 Å². The van der Waals surface area contributed by atoms with Crippen LogP contribution in [0, 0.1) is 6.92 Å². The standard InChI is InChI=1S/C21H30N4O2/c1-16-11-13-17(14-12-16)20-24-19(27-25-20)10-6-3-7-15-22-21(26)23-18-8-4-2-5-9-18/h11-14,18H,2-10,15H2,1H3,(H2,22,23,26). The molecule has 1 aliphatic rings. The van der Waals surface area contributed by atoms with Gasteiger partial charge >= 0.3 is 6.03 Å². The highest BCUT2D eigenvalue weighted by Gasteiger charge is 2.15. The van der Waals surface area contributed by atoms with Gasteiger partial charge in [-0.1, -0.05) is 60.7 Å². The molecule has 27 heavy (non-hydrogen) atoms. The van der Waals surface area contributed by atoms with Gasteiger partial charge < -0.3 is 15.2 Å². The van der Waals surface area contributed by atoms with Crippen LogP contribution in [0.4, 0.5) is 4.79 Å². The second kappa shape index (κ2) is 10.1. The molecule has 1 heterocycles. The minimum atomic E-state index is -0.0264. The van der Waals surface area contributed by atoms with Crippen LogP contribution < -0.4 is 10.6 Å². The van der Waals surface area contributed by atoms with Gasteiger partial charge in [0, 0.05) is 24.6 Å². The zero-order chi connectivity index (χ0) is 18.9. The summed E-state index contributed by atoms with van der Waals surface area (Å²) in [4.78, 5) is 16.3. The third-order valence-electron chi connectivity index (χ3n) is 5.07. The second-order valence-electron chi connectivity index (χ2n) is 7.42. The molecule has 0 radical (unpaired) electrons. The highest BCUT2D eigenvalue weighted by molar-refractivity contribution is 5.74. The van der Waals surface area contributed by atoms with Crippen LogP contribution in [-0.4, -0.2) is 28.8 Å². The first-order valence-electron chi connectivity index (χ1n) is 10.1. The number of nitrogens with zero attached hydrogens (tertiary/aromatic N) is 2. The van der Waals surface area contributed by atoms with Crippen molar-refractivity contribution in [2.45, 2.75) is 70.8 Å². The quantitative estimate of drug-likeness (QED) is 0.675. The summed E-state index contributed by atoms with van der Waals surface area (Å²) < 4.78 is 5.34. The fourth-order valence-corrected chi connectivity index (χ4v) is 3.44. The molecule has 6 nitrogen and oxygen atoms in total. The minimum Gasteiger partial charge on any atom is -0.339 e. The van der Waals surface area contributed by atoms with Crippen LogP contribution in [0.2, 0.25) is 0 Å². The molecule has 146 valence electrons. The van der Waals surface area contributed by atoms with Crippen LogP contribution in [0.3, 0.4) is 0 Å². The van der Waals surface area contributed by atoms with Crippen LogP contribution in [0.15, 0.2) is 28.8 Å². The number of aromatic nitrogens is 2. The summed E-state index contributed by atoms with van der Waals surface area (Å²) in [5, 5.41) is 10.1. The molecule has 2 aromatic rings. The van der Waals surface area contributed by atoms with Crippen molar-refractivity contribution in [3.8, 4) is 11.4 Å². The molecule has 1 aromatic carbocycles. The van der Waals surface area contributed by atoms with E-state index in [1.165, 1.54) is 24.8 Å². The molecular formula is C21H30N4O2. The van der Waals surface area contributed by atoms with Crippen molar-refractivity contribution in [1.29, 1.82) is 0 Å². The van der Waals surface area contributed by atoms with E-state index in [1.54, 1.807) is 0 Å². The number of rotatable bonds is 8. The number of amides is 2. The summed E-state index contributed by atoms with van der Waals surface area (Å²) >= 11 is 0. The van der Waals surface area contributed by atoms with Crippen LogP contribution in [0.5, 0.6) is 0 Å². The molecule has 0 bridgehead atoms. The first-order valence-corrected chi connectivity index (χ1v) is 10.1. The average molecular weight is 370 g/mol. The molecule has 0 atom stereocenters. The van der Waals surface area contributed by atoms with Gasteiger partial charge in [0.15, 0.2) is 0 Å². The lowest BCUT2D eigenvalue weighted by Crippen LogP contribution is -2.43. The number of nitrogens with one attached hydrogen (secondary N) is 2. The Hall–Kier alpha value is -2.37. The Morgan fingerprint density at radius 1 is 1.11 bits per heavy atom. The predicted octanol–water partition coefficient (Wildman–Crippen LogP) is 4.39. The third kappa shape index (κ3) is 6.38. The van der Waals surface area contributed by atoms with Gasteiger partial charge in [-0.3, -0.25) is 0 Å². The Bertz CT molecular complexity index is 705. The van der Waals surface area contributed by atoms with Crippen molar-refractivity contribution in [2.24, 2.45) is 0 Å². The summed E-state index contributed by atoms with van der Waals surface area (Å²) in [5.74, 6) is 1.32. The number of hydrogen-bond acceptors (Lipinski definition) is 4. The van der Waals surface area contributed by atoms with Gasteiger partial charge in [0.05, 0.1) is 0 Å². The van der Waals surface area contributed by atoms with Gasteiger partial charge in [-0.05, 0) is 32.6 Å². The van der Waals surface area contributed by atoms with Crippen molar-refractivity contribution in [2.75, 3.05) is 6.54 Å². The molecule has 6 heteroatoms. The van der Waals surface area contributed by atoms with Crippen molar-refractivity contribution >= 4 is 6.03 Å². The molecule has 1 aliphatic carbocycles. The predicted molar refractivity (Wildman–Crippen MR) is 105 cm³/mol. The lowest BCUT2D eigenvalue weighted by atomic mass is 9.96. The average Bonchev–Trinajstić information content (AvgIpc) is 3.15. The van der Waals surface area contributed by atoms with Gasteiger partial charge in [0.1, 0.15) is 0 Å². The van der Waals surface area contributed by atoms with Gasteiger partial charge in [-0.25, -0.2) is 4.79 Å². The van der Waals surface area contributed by atoms with Crippen LogP contribution >= 0.6 is 0 Å². The Kier molecular flexibility index (Phi) is 7.25. The first kappa shape index (κ1) is 19.4. The molecule has 2 amide bonds. The number of carbonyl (C=O) groups excluding carboxylic acids is 1. The summed E-state index contributed by atoms with van der Waals surface area (Å²) in [6.45, 7) is 2.76. The summed E-state index contributed by atoms with van der Waals surface area (Å²) in [6, 6.07) is 8.44. The number of carbonyl (C=O) groups is 1. The van der Waals surface area contributed by atoms with Gasteiger partial charge in [0.25, 0.3) is 0 Å². The van der Waals surface area contributed by atoms with E-state index in [9.17, 15) is 4.79 Å². The van der Waals surface area contributed by atoms with Gasteiger partial charge in [0.2, 0.25) is 11.7 Å². The number of urea groups is 1. The molecule has 0 unspecified atom stereocenters. The highest BCUT2D eigenvalue weighted by atomic mass is 16.5. The number of aryl methyl sites for hydroxylation is 2. The fourth-order valence-electron chi connectivity index (χ4n) is 3.44. The molecule has 3 rings (SSSR count). The molecule has 1 aromatic heterocycles. The third-order valence-corrected chi connectivity index (χ3v) is 5.07. The zero-order valence-electron chi connectivity index (χ0n) is 16.2. The van der Waals surface area contributed by atoms with Crippen molar-refractivity contribution in [3.05, 3.63) is 35.7 Å². The van der Waals surface area contributed by atoms with Crippen molar-refractivity contribution in [3.63, 3.8) is 0 Å². The normalized spacial score (nSPS) is 14.9. The van der Waals surface area contributed by atoms with E-state index in [0.29, 0.717) is 24.3 Å². The summed E-state index contributed by atoms with van der Waals surface area (Å²) in [5.41, 5.74) is 2.19. The largest absolute Gasteiger partial charge is 0.339 e. The molecule has 0 saturated heterocycles. The van der Waals surface area contributed by atoms with E-state index < -0.39 is 0 Å². The molecule has 0 aliphatic heterocycles. The number of hydrogen-bond donors (Lipinski definition) is 2. The minimum absolute atomic E-state index is 0.0264. The van der Waals surface area contributed by atoms with Crippen molar-refractivity contribution in [1.82, 2.24) is 20.8 Å². The van der Waals surface area contributed by atoms with Crippen LogP contribution in [0.1, 0.15) is 62.8 Å². The Balaban J connectivity index is 1.28. The Morgan fingerprint density at radius 2 is 1.89 bits per heavy atom. The van der Waals surface area contributed by atoms with E-state index in [-0.39, 0.29) is 6.03 Å². The van der Waals surface area contributed by atoms with Gasteiger partial charge in [-0.2, -0.15) is 4.98 Å². The monoisotopic (exact) mass is 370 g/mol. The summed E-state index contributed by atoms with van der Waals surface area (Å²) in [7, 11) is 0. The molecule has 1 saturated carbocycles. The van der Waals surface area contributed by atoms with E-state index in [4.69, 9.17) is 4.52 Å². The molecular weight excluding hydrogens is 340 g/mol. The Labute approximate surface area is 161 Å². The zero-order valence-corrected chi connectivity index (χ0v) is 16.2. The van der Waals surface area contributed by atoms with E-state index in [1.807, 2.05) is 24.3 Å². The molecule has 1 fully saturated rings. The number of unbranched alkanes of at least 4 members (excludes halogenated alkanes) is 2. The van der Waals surface area contributed by atoms with E-state index in [2.05, 4.69) is 27.7 Å².